The largest absolute Gasteiger partial charge is 0.507 e. The Morgan fingerprint density at radius 2 is 0.864 bits per heavy atom. The van der Waals surface area contributed by atoms with E-state index in [-0.39, 0.29) is 11.3 Å². The lowest BCUT2D eigenvalue weighted by atomic mass is 9.66. The van der Waals surface area contributed by atoms with Gasteiger partial charge in [-0.05, 0) is 93.5 Å². The monoisotopic (exact) mass is 922 g/mol. The second kappa shape index (κ2) is 22.7. The van der Waals surface area contributed by atoms with E-state index in [0.29, 0.717) is 24.3 Å². The Bertz CT molecular complexity index is 1860. The van der Waals surface area contributed by atoms with Crippen LogP contribution in [0.3, 0.4) is 0 Å². The van der Waals surface area contributed by atoms with Crippen molar-refractivity contribution in [2.24, 2.45) is 10.4 Å². The summed E-state index contributed by atoms with van der Waals surface area (Å²) in [7, 11) is 0. The quantitative estimate of drug-likeness (QED) is 0.0825. The first-order valence-electron chi connectivity index (χ1n) is 25.1. The summed E-state index contributed by atoms with van der Waals surface area (Å²) < 4.78 is 55.9. The summed E-state index contributed by atoms with van der Waals surface area (Å²) in [6.45, 7) is 37.5. The molecule has 1 atom stereocenters. The lowest BCUT2D eigenvalue weighted by Crippen LogP contribution is -2.47. The van der Waals surface area contributed by atoms with Gasteiger partial charge in [0.1, 0.15) is 22.8 Å². The molecule has 0 amide bonds. The zero-order valence-corrected chi connectivity index (χ0v) is 44.4. The fourth-order valence-corrected chi connectivity index (χ4v) is 8.78. The number of alkyl halides is 3. The number of aliphatic imine (C=N–C) groups is 1. The van der Waals surface area contributed by atoms with Gasteiger partial charge in [-0.1, -0.05) is 182 Å². The molecule has 3 aromatic carbocycles. The van der Waals surface area contributed by atoms with Crippen molar-refractivity contribution in [3.05, 3.63) is 87.0 Å². The van der Waals surface area contributed by atoms with Gasteiger partial charge < -0.3 is 19.7 Å². The van der Waals surface area contributed by atoms with Crippen molar-refractivity contribution in [2.45, 2.75) is 234 Å². The molecule has 0 radical (unpaired) electrons. The molecule has 3 aromatic rings. The molecule has 0 aliphatic carbocycles. The van der Waals surface area contributed by atoms with Crippen LogP contribution in [0, 0.1) is 5.41 Å². The van der Waals surface area contributed by atoms with Gasteiger partial charge in [-0.2, -0.15) is 13.2 Å². The van der Waals surface area contributed by atoms with E-state index in [9.17, 15) is 23.4 Å². The van der Waals surface area contributed by atoms with Gasteiger partial charge in [-0.3, -0.25) is 4.99 Å². The third-order valence-electron chi connectivity index (χ3n) is 12.7. The molecule has 0 aromatic heterocycles. The van der Waals surface area contributed by atoms with E-state index < -0.39 is 50.5 Å². The fraction of sp³-hybridized carbons (Fsp3) is 0.672. The minimum atomic E-state index is -4.63. The number of benzene rings is 3. The van der Waals surface area contributed by atoms with Crippen LogP contribution in [0.1, 0.15) is 239 Å². The highest BCUT2D eigenvalue weighted by Gasteiger charge is 2.49. The van der Waals surface area contributed by atoms with Crippen LogP contribution in [-0.4, -0.2) is 35.7 Å². The number of phenols is 1. The normalized spacial score (nSPS) is 14.0. The molecule has 0 saturated carbocycles. The van der Waals surface area contributed by atoms with Gasteiger partial charge in [0.05, 0.1) is 24.8 Å². The molecule has 0 bridgehead atoms. The number of halogens is 3. The molecule has 372 valence electrons. The first-order valence-corrected chi connectivity index (χ1v) is 25.1. The van der Waals surface area contributed by atoms with Gasteiger partial charge >= 0.3 is 6.18 Å². The maximum Gasteiger partial charge on any atom is 0.416 e. The standard InChI is InChI=1S/C58H90F3NO4/c1-18-20-22-24-26-28-32-65-49-44(52(3,4)5)35-42(36-45(49)53(6,7)8)57(64,51(56(15,16)17)62-39-40-34-41(58(59,60)61)30-31-48(40)63)43-37-46(54(9,10)11)50(47(38-43)55(12,13)14)66-33-29-27-25-23-21-19-2/h30-31,34-39,51,63-64H,18-29,32-33H2,1-17H3. The van der Waals surface area contributed by atoms with Crippen LogP contribution in [-0.2, 0) is 33.4 Å². The van der Waals surface area contributed by atoms with Crippen LogP contribution in [0.4, 0.5) is 13.2 Å². The van der Waals surface area contributed by atoms with Crippen molar-refractivity contribution in [1.29, 1.82) is 0 Å². The minimum Gasteiger partial charge on any atom is -0.507 e. The zero-order chi connectivity index (χ0) is 50.1. The van der Waals surface area contributed by atoms with Gasteiger partial charge in [-0.15, -0.1) is 0 Å². The lowest BCUT2D eigenvalue weighted by Gasteiger charge is -2.44. The fourth-order valence-electron chi connectivity index (χ4n) is 8.78. The Labute approximate surface area is 399 Å². The van der Waals surface area contributed by atoms with Gasteiger partial charge in [0.25, 0.3) is 0 Å². The predicted octanol–water partition coefficient (Wildman–Crippen LogP) is 16.8. The first-order chi connectivity index (χ1) is 30.3. The second-order valence-electron chi connectivity index (χ2n) is 24.1. The summed E-state index contributed by atoms with van der Waals surface area (Å²) in [5, 5.41) is 25.4. The SMILES string of the molecule is CCCCCCCCOc1c(C(C)(C)C)cc(C(O)(c2cc(C(C)(C)C)c(OCCCCCCCC)c(C(C)(C)C)c2)C(N=Cc2cc(C(F)(F)F)ccc2O)C(C)(C)C)cc1C(C)(C)C. The number of nitrogens with zero attached hydrogens (tertiary/aromatic N) is 1. The van der Waals surface area contributed by atoms with Crippen LogP contribution < -0.4 is 9.47 Å². The number of hydrogen-bond acceptors (Lipinski definition) is 5. The topological polar surface area (TPSA) is 71.3 Å². The summed E-state index contributed by atoms with van der Waals surface area (Å²) in [6.07, 6.45) is 10.4. The van der Waals surface area contributed by atoms with E-state index in [1.54, 1.807) is 0 Å². The number of hydrogen-bond donors (Lipinski definition) is 2. The van der Waals surface area contributed by atoms with Crippen LogP contribution in [0.2, 0.25) is 0 Å². The molecule has 0 saturated heterocycles. The summed E-state index contributed by atoms with van der Waals surface area (Å²) in [6, 6.07) is 10.2. The molecule has 0 aliphatic rings. The molecule has 0 fully saturated rings. The molecule has 3 rings (SSSR count). The van der Waals surface area contributed by atoms with Crippen molar-refractivity contribution in [2.75, 3.05) is 13.2 Å². The Balaban J connectivity index is 2.56. The van der Waals surface area contributed by atoms with E-state index in [2.05, 4.69) is 121 Å². The molecular formula is C58H90F3NO4. The van der Waals surface area contributed by atoms with E-state index in [0.717, 1.165) is 77.6 Å². The number of phenolic OH excluding ortho intramolecular Hbond substituents is 1. The Morgan fingerprint density at radius 1 is 0.515 bits per heavy atom. The first kappa shape index (κ1) is 56.8. The molecule has 0 spiro atoms. The van der Waals surface area contributed by atoms with Crippen molar-refractivity contribution in [1.82, 2.24) is 0 Å². The van der Waals surface area contributed by atoms with Crippen molar-refractivity contribution >= 4 is 6.21 Å². The molecule has 0 heterocycles. The third kappa shape index (κ3) is 15.2. The van der Waals surface area contributed by atoms with Gasteiger partial charge in [0, 0.05) is 34.0 Å². The van der Waals surface area contributed by atoms with Gasteiger partial charge in [0.2, 0.25) is 0 Å². The van der Waals surface area contributed by atoms with E-state index in [1.807, 2.05) is 20.8 Å². The molecule has 1 unspecified atom stereocenters. The third-order valence-corrected chi connectivity index (χ3v) is 12.7. The number of aliphatic hydroxyl groups is 1. The van der Waals surface area contributed by atoms with Gasteiger partial charge in [0.15, 0.2) is 0 Å². The maximum atomic E-state index is 14.4. The van der Waals surface area contributed by atoms with E-state index >= 15 is 0 Å². The number of ether oxygens (including phenoxy) is 2. The van der Waals surface area contributed by atoms with Crippen molar-refractivity contribution in [3.63, 3.8) is 0 Å². The Kier molecular flexibility index (Phi) is 19.6. The lowest BCUT2D eigenvalue weighted by molar-refractivity contribution is -0.137. The molecule has 8 heteroatoms. The summed E-state index contributed by atoms with van der Waals surface area (Å²) >= 11 is 0. The highest BCUT2D eigenvalue weighted by atomic mass is 19.4. The summed E-state index contributed by atoms with van der Waals surface area (Å²) in [5.41, 5.74) is -0.292. The van der Waals surface area contributed by atoms with E-state index in [4.69, 9.17) is 14.5 Å². The van der Waals surface area contributed by atoms with Crippen LogP contribution >= 0.6 is 0 Å². The molecular weight excluding hydrogens is 832 g/mol. The predicted molar refractivity (Wildman–Crippen MR) is 272 cm³/mol. The average Bonchev–Trinajstić information content (AvgIpc) is 3.18. The molecule has 2 N–H and O–H groups in total. The van der Waals surface area contributed by atoms with Crippen molar-refractivity contribution < 1.29 is 32.9 Å². The summed E-state index contributed by atoms with van der Waals surface area (Å²) in [5.74, 6) is 1.31. The molecule has 5 nitrogen and oxygen atoms in total. The second-order valence-corrected chi connectivity index (χ2v) is 24.1. The number of rotatable bonds is 21. The molecule has 66 heavy (non-hydrogen) atoms. The van der Waals surface area contributed by atoms with Gasteiger partial charge in [-0.25, -0.2) is 0 Å². The smallest absolute Gasteiger partial charge is 0.416 e. The average molecular weight is 922 g/mol. The summed E-state index contributed by atoms with van der Waals surface area (Å²) in [4.78, 5) is 5.10. The molecule has 0 aliphatic heterocycles. The highest BCUT2D eigenvalue weighted by Crippen LogP contribution is 2.51. The Hall–Kier alpha value is -3.52. The van der Waals surface area contributed by atoms with Crippen LogP contribution in [0.25, 0.3) is 0 Å². The van der Waals surface area contributed by atoms with Crippen LogP contribution in [0.15, 0.2) is 47.5 Å². The van der Waals surface area contributed by atoms with E-state index in [1.165, 1.54) is 57.6 Å². The minimum absolute atomic E-state index is 0.0881. The highest BCUT2D eigenvalue weighted by molar-refractivity contribution is 5.84. The van der Waals surface area contributed by atoms with Crippen LogP contribution in [0.5, 0.6) is 17.2 Å². The van der Waals surface area contributed by atoms with Crippen molar-refractivity contribution in [3.8, 4) is 17.2 Å². The Morgan fingerprint density at radius 3 is 1.18 bits per heavy atom. The number of aromatic hydroxyl groups is 1. The zero-order valence-electron chi connectivity index (χ0n) is 44.4. The maximum absolute atomic E-state index is 14.4. The number of unbranched alkanes of at least 4 members (excludes halogenated alkanes) is 10.